The lowest BCUT2D eigenvalue weighted by Crippen LogP contribution is -2.09. The van der Waals surface area contributed by atoms with Crippen LogP contribution in [0.25, 0.3) is 75.1 Å². The summed E-state index contributed by atoms with van der Waals surface area (Å²) in [5, 5.41) is 7.58. The Kier molecular flexibility index (Phi) is 7.41. The highest BCUT2D eigenvalue weighted by Gasteiger charge is 2.16. The number of hydrogen-bond acceptors (Lipinski definition) is 2. The van der Waals surface area contributed by atoms with E-state index in [1.54, 1.807) is 0 Å². The molecule has 10 rings (SSSR count). The Balaban J connectivity index is 1.04. The molecular weight excluding hydrogens is 647 g/mol. The SMILES string of the molecule is c1ccc(-c2ccc(N(c3ccc4ccc(-c5ccc(-c6ccc7ccccc7c6)cc5)cc4c3)c3ccc4c(c3)sc3ccccc34)cc2)cc1. The normalized spacial score (nSPS) is 11.5. The van der Waals surface area contributed by atoms with Crippen molar-refractivity contribution in [3.8, 4) is 33.4 Å². The number of fused-ring (bicyclic) bond motifs is 5. The number of rotatable bonds is 6. The summed E-state index contributed by atoms with van der Waals surface area (Å²) in [5.41, 5.74) is 10.7. The number of anilines is 3. The molecule has 10 aromatic rings. The van der Waals surface area contributed by atoms with E-state index in [0.717, 1.165) is 17.1 Å². The van der Waals surface area contributed by atoms with E-state index in [1.165, 1.54) is 75.1 Å². The highest BCUT2D eigenvalue weighted by atomic mass is 32.1. The number of thiophene rings is 1. The standard InChI is InChI=1S/C50H33NS/c1-2-8-34(9-3-1)36-22-25-44(26-23-36)51(46-28-29-48-47-12-6-7-13-49(47)52-50(48)33-46)45-27-24-39-19-21-42(31-43(39)32-45)38-16-14-37(15-17-38)41-20-18-35-10-4-5-11-40(35)30-41/h1-33H. The van der Waals surface area contributed by atoms with Crippen molar-refractivity contribution in [2.75, 3.05) is 4.90 Å². The third-order valence-corrected chi connectivity index (χ3v) is 11.4. The number of hydrogen-bond donors (Lipinski definition) is 0. The predicted molar refractivity (Wildman–Crippen MR) is 225 cm³/mol. The fourth-order valence-electron chi connectivity index (χ4n) is 7.51. The average Bonchev–Trinajstić information content (AvgIpc) is 3.59. The van der Waals surface area contributed by atoms with Crippen LogP contribution in [0.3, 0.4) is 0 Å². The molecule has 0 bridgehead atoms. The Morgan fingerprint density at radius 3 is 1.52 bits per heavy atom. The molecule has 0 saturated carbocycles. The Hall–Kier alpha value is -6.48. The molecule has 0 amide bonds. The molecule has 52 heavy (non-hydrogen) atoms. The van der Waals surface area contributed by atoms with Crippen LogP contribution in [0.15, 0.2) is 200 Å². The van der Waals surface area contributed by atoms with Gasteiger partial charge in [0.2, 0.25) is 0 Å². The van der Waals surface area contributed by atoms with Crippen LogP contribution in [0.5, 0.6) is 0 Å². The van der Waals surface area contributed by atoms with Gasteiger partial charge in [-0.1, -0.05) is 146 Å². The molecule has 244 valence electrons. The van der Waals surface area contributed by atoms with Crippen LogP contribution >= 0.6 is 11.3 Å². The predicted octanol–water partition coefficient (Wildman–Crippen LogP) is 14.8. The van der Waals surface area contributed by atoms with Crippen LogP contribution in [-0.4, -0.2) is 0 Å². The zero-order chi connectivity index (χ0) is 34.4. The molecular formula is C50H33NS. The zero-order valence-corrected chi connectivity index (χ0v) is 29.2. The van der Waals surface area contributed by atoms with Crippen molar-refractivity contribution in [2.45, 2.75) is 0 Å². The van der Waals surface area contributed by atoms with Crippen molar-refractivity contribution >= 4 is 70.1 Å². The molecule has 0 aliphatic rings. The summed E-state index contributed by atoms with van der Waals surface area (Å²) in [7, 11) is 0. The first kappa shape index (κ1) is 30.4. The summed E-state index contributed by atoms with van der Waals surface area (Å²) < 4.78 is 2.61. The highest BCUT2D eigenvalue weighted by molar-refractivity contribution is 7.25. The maximum atomic E-state index is 2.39. The van der Waals surface area contributed by atoms with Crippen LogP contribution in [0.2, 0.25) is 0 Å². The molecule has 0 unspecified atom stereocenters. The first-order chi connectivity index (χ1) is 25.7. The summed E-state index contributed by atoms with van der Waals surface area (Å²) in [6.07, 6.45) is 0. The van der Waals surface area contributed by atoms with Crippen LogP contribution in [0.1, 0.15) is 0 Å². The second kappa shape index (κ2) is 12.7. The minimum atomic E-state index is 1.12. The molecule has 0 saturated heterocycles. The molecule has 0 atom stereocenters. The molecule has 0 fully saturated rings. The van der Waals surface area contributed by atoms with E-state index in [2.05, 4.69) is 205 Å². The summed E-state index contributed by atoms with van der Waals surface area (Å²) in [6.45, 7) is 0. The monoisotopic (exact) mass is 679 g/mol. The van der Waals surface area contributed by atoms with Gasteiger partial charge in [-0.15, -0.1) is 11.3 Å². The van der Waals surface area contributed by atoms with Gasteiger partial charge < -0.3 is 4.90 Å². The quantitative estimate of drug-likeness (QED) is 0.169. The zero-order valence-electron chi connectivity index (χ0n) is 28.4. The molecule has 0 aliphatic carbocycles. The Morgan fingerprint density at radius 1 is 0.269 bits per heavy atom. The van der Waals surface area contributed by atoms with Crippen molar-refractivity contribution < 1.29 is 0 Å². The lowest BCUT2D eigenvalue weighted by molar-refractivity contribution is 1.30. The fourth-order valence-corrected chi connectivity index (χ4v) is 8.65. The topological polar surface area (TPSA) is 3.24 Å². The van der Waals surface area contributed by atoms with Crippen LogP contribution in [-0.2, 0) is 0 Å². The van der Waals surface area contributed by atoms with Gasteiger partial charge in [0.05, 0.1) is 0 Å². The smallest absolute Gasteiger partial charge is 0.0476 e. The molecule has 1 nitrogen and oxygen atoms in total. The van der Waals surface area contributed by atoms with E-state index in [-0.39, 0.29) is 0 Å². The molecule has 0 radical (unpaired) electrons. The van der Waals surface area contributed by atoms with E-state index in [4.69, 9.17) is 0 Å². The van der Waals surface area contributed by atoms with Gasteiger partial charge in [-0.25, -0.2) is 0 Å². The maximum absolute atomic E-state index is 2.39. The molecule has 0 spiro atoms. The summed E-state index contributed by atoms with van der Waals surface area (Å²) in [4.78, 5) is 2.39. The molecule has 2 heteroatoms. The van der Waals surface area contributed by atoms with Crippen LogP contribution in [0.4, 0.5) is 17.1 Å². The van der Waals surface area contributed by atoms with Gasteiger partial charge in [-0.05, 0) is 110 Å². The van der Waals surface area contributed by atoms with E-state index in [0.29, 0.717) is 0 Å². The lowest BCUT2D eigenvalue weighted by atomic mass is 9.97. The second-order valence-electron chi connectivity index (χ2n) is 13.4. The van der Waals surface area contributed by atoms with E-state index in [1.807, 2.05) is 11.3 Å². The van der Waals surface area contributed by atoms with Gasteiger partial charge in [0.15, 0.2) is 0 Å². The average molecular weight is 680 g/mol. The van der Waals surface area contributed by atoms with Crippen molar-refractivity contribution in [1.29, 1.82) is 0 Å². The van der Waals surface area contributed by atoms with E-state index >= 15 is 0 Å². The number of benzene rings is 9. The second-order valence-corrected chi connectivity index (χ2v) is 14.5. The highest BCUT2D eigenvalue weighted by Crippen LogP contribution is 2.42. The van der Waals surface area contributed by atoms with Gasteiger partial charge in [-0.3, -0.25) is 0 Å². The molecule has 1 heterocycles. The molecule has 0 aliphatic heterocycles. The van der Waals surface area contributed by atoms with Crippen molar-refractivity contribution in [3.63, 3.8) is 0 Å². The van der Waals surface area contributed by atoms with Crippen LogP contribution < -0.4 is 4.90 Å². The van der Waals surface area contributed by atoms with E-state index < -0.39 is 0 Å². The molecule has 9 aromatic carbocycles. The minimum absolute atomic E-state index is 1.12. The van der Waals surface area contributed by atoms with Gasteiger partial charge in [0.1, 0.15) is 0 Å². The van der Waals surface area contributed by atoms with Gasteiger partial charge in [0, 0.05) is 37.2 Å². The minimum Gasteiger partial charge on any atom is -0.310 e. The van der Waals surface area contributed by atoms with Gasteiger partial charge in [-0.2, -0.15) is 0 Å². The summed E-state index contributed by atoms with van der Waals surface area (Å²) in [5.74, 6) is 0. The largest absolute Gasteiger partial charge is 0.310 e. The van der Waals surface area contributed by atoms with Crippen molar-refractivity contribution in [1.82, 2.24) is 0 Å². The number of nitrogens with zero attached hydrogens (tertiary/aromatic N) is 1. The van der Waals surface area contributed by atoms with E-state index in [9.17, 15) is 0 Å². The van der Waals surface area contributed by atoms with Gasteiger partial charge >= 0.3 is 0 Å². The Morgan fingerprint density at radius 2 is 0.750 bits per heavy atom. The van der Waals surface area contributed by atoms with Crippen molar-refractivity contribution in [3.05, 3.63) is 200 Å². The Bertz CT molecular complexity index is 2890. The molecule has 1 aromatic heterocycles. The third-order valence-electron chi connectivity index (χ3n) is 10.2. The maximum Gasteiger partial charge on any atom is 0.0476 e. The van der Waals surface area contributed by atoms with Crippen molar-refractivity contribution in [2.24, 2.45) is 0 Å². The first-order valence-corrected chi connectivity index (χ1v) is 18.6. The van der Waals surface area contributed by atoms with Crippen LogP contribution in [0, 0.1) is 0 Å². The third kappa shape index (κ3) is 5.51. The Labute approximate surface area is 307 Å². The molecule has 0 N–H and O–H groups in total. The fraction of sp³-hybridized carbons (Fsp3) is 0. The summed E-state index contributed by atoms with van der Waals surface area (Å²) in [6, 6.07) is 73.0. The van der Waals surface area contributed by atoms with Gasteiger partial charge in [0.25, 0.3) is 0 Å². The lowest BCUT2D eigenvalue weighted by Gasteiger charge is -2.26. The summed E-state index contributed by atoms with van der Waals surface area (Å²) >= 11 is 1.86. The first-order valence-electron chi connectivity index (χ1n) is 17.7.